The summed E-state index contributed by atoms with van der Waals surface area (Å²) in [6, 6.07) is 104. The van der Waals surface area contributed by atoms with E-state index in [-0.39, 0.29) is 0 Å². The molecule has 0 amide bonds. The maximum Gasteiger partial charge on any atom is 0.0540 e. The van der Waals surface area contributed by atoms with E-state index in [4.69, 9.17) is 0 Å². The van der Waals surface area contributed by atoms with Crippen molar-refractivity contribution < 1.29 is 0 Å². The van der Waals surface area contributed by atoms with Gasteiger partial charge in [-0.3, -0.25) is 0 Å². The van der Waals surface area contributed by atoms with Gasteiger partial charge < -0.3 is 4.90 Å². The summed E-state index contributed by atoms with van der Waals surface area (Å²) in [6.45, 7) is 0. The molecule has 0 aliphatic carbocycles. The molecular weight excluding hydrogens is 855 g/mol. The first-order valence-corrected chi connectivity index (χ1v) is 24.5. The summed E-state index contributed by atoms with van der Waals surface area (Å²) >= 11 is 0. The highest BCUT2D eigenvalue weighted by Crippen LogP contribution is 2.48. The highest BCUT2D eigenvalue weighted by molar-refractivity contribution is 6.22. The van der Waals surface area contributed by atoms with Crippen LogP contribution in [-0.2, 0) is 0 Å². The third-order valence-electron chi connectivity index (χ3n) is 14.2. The van der Waals surface area contributed by atoms with Crippen LogP contribution in [0.3, 0.4) is 0 Å². The number of rotatable bonds is 9. The van der Waals surface area contributed by atoms with Crippen LogP contribution in [0.4, 0.5) is 17.1 Å². The zero-order valence-corrected chi connectivity index (χ0v) is 39.1. The van der Waals surface area contributed by atoms with E-state index in [0.717, 1.165) is 28.2 Å². The molecule has 0 spiro atoms. The smallest absolute Gasteiger partial charge is 0.0540 e. The minimum absolute atomic E-state index is 1.08. The fourth-order valence-corrected chi connectivity index (χ4v) is 10.7. The first-order chi connectivity index (χ1) is 35.2. The molecule has 0 bridgehead atoms. The Morgan fingerprint density at radius 3 is 1.13 bits per heavy atom. The first kappa shape index (κ1) is 41.9. The Bertz CT molecular complexity index is 4060. The van der Waals surface area contributed by atoms with Gasteiger partial charge in [0.05, 0.1) is 5.69 Å². The summed E-state index contributed by atoms with van der Waals surface area (Å²) in [5.74, 6) is 0. The Morgan fingerprint density at radius 1 is 0.197 bits per heavy atom. The van der Waals surface area contributed by atoms with E-state index >= 15 is 0 Å². The minimum Gasteiger partial charge on any atom is -0.310 e. The summed E-state index contributed by atoms with van der Waals surface area (Å²) < 4.78 is 0. The van der Waals surface area contributed by atoms with Crippen molar-refractivity contribution in [1.82, 2.24) is 0 Å². The summed E-state index contributed by atoms with van der Waals surface area (Å²) in [5.41, 5.74) is 17.6. The largest absolute Gasteiger partial charge is 0.310 e. The average molecular weight is 902 g/mol. The van der Waals surface area contributed by atoms with Crippen molar-refractivity contribution in [3.8, 4) is 66.8 Å². The zero-order chi connectivity index (χ0) is 47.1. The normalized spacial score (nSPS) is 11.4. The summed E-state index contributed by atoms with van der Waals surface area (Å²) in [4.78, 5) is 2.42. The van der Waals surface area contributed by atoms with Crippen LogP contribution in [0.25, 0.3) is 110 Å². The first-order valence-electron chi connectivity index (χ1n) is 24.5. The fourth-order valence-electron chi connectivity index (χ4n) is 10.7. The summed E-state index contributed by atoms with van der Waals surface area (Å²) in [7, 11) is 0. The van der Waals surface area contributed by atoms with E-state index in [9.17, 15) is 0 Å². The highest BCUT2D eigenvalue weighted by Gasteiger charge is 2.21. The number of hydrogen-bond donors (Lipinski definition) is 0. The van der Waals surface area contributed by atoms with Crippen LogP contribution in [0.15, 0.2) is 285 Å². The van der Waals surface area contributed by atoms with E-state index in [1.807, 2.05) is 0 Å². The van der Waals surface area contributed by atoms with Gasteiger partial charge in [0.1, 0.15) is 0 Å². The lowest BCUT2D eigenvalue weighted by Crippen LogP contribution is -2.11. The van der Waals surface area contributed by atoms with Gasteiger partial charge in [-0.05, 0) is 153 Å². The molecule has 1 heteroatoms. The maximum atomic E-state index is 2.43. The van der Waals surface area contributed by atoms with Gasteiger partial charge in [0, 0.05) is 16.9 Å². The van der Waals surface area contributed by atoms with Gasteiger partial charge in [-0.25, -0.2) is 0 Å². The van der Waals surface area contributed by atoms with Gasteiger partial charge in [-0.1, -0.05) is 237 Å². The number of benzene rings is 13. The molecule has 13 aromatic rings. The van der Waals surface area contributed by atoms with E-state index in [1.54, 1.807) is 0 Å². The summed E-state index contributed by atoms with van der Waals surface area (Å²) in [5, 5.41) is 9.95. The molecule has 71 heavy (non-hydrogen) atoms. The lowest BCUT2D eigenvalue weighted by molar-refractivity contribution is 1.28. The molecule has 0 N–H and O–H groups in total. The lowest BCUT2D eigenvalue weighted by Gasteiger charge is -2.28. The number of hydrogen-bond acceptors (Lipinski definition) is 1. The van der Waals surface area contributed by atoms with E-state index in [0.29, 0.717) is 0 Å². The van der Waals surface area contributed by atoms with Crippen molar-refractivity contribution in [3.05, 3.63) is 285 Å². The monoisotopic (exact) mass is 901 g/mol. The third kappa shape index (κ3) is 7.80. The van der Waals surface area contributed by atoms with Crippen LogP contribution in [0.2, 0.25) is 0 Å². The Labute approximate surface area is 414 Å². The second-order valence-electron chi connectivity index (χ2n) is 18.4. The molecule has 332 valence electrons. The number of para-hydroxylation sites is 1. The van der Waals surface area contributed by atoms with E-state index in [1.165, 1.54) is 98.7 Å². The Kier molecular flexibility index (Phi) is 10.6. The molecule has 0 unspecified atom stereocenters. The Hall–Kier alpha value is -9.30. The van der Waals surface area contributed by atoms with E-state index < -0.39 is 0 Å². The molecular formula is C70H47N. The van der Waals surface area contributed by atoms with Gasteiger partial charge in [0.2, 0.25) is 0 Å². The summed E-state index contributed by atoms with van der Waals surface area (Å²) in [6.07, 6.45) is 0. The molecule has 0 saturated carbocycles. The number of anilines is 3. The maximum absolute atomic E-state index is 2.43. The van der Waals surface area contributed by atoms with Gasteiger partial charge in [0.15, 0.2) is 0 Å². The molecule has 0 aromatic heterocycles. The molecule has 0 aliphatic heterocycles. The van der Waals surface area contributed by atoms with Gasteiger partial charge in [0.25, 0.3) is 0 Å². The Morgan fingerprint density at radius 2 is 0.577 bits per heavy atom. The van der Waals surface area contributed by atoms with Crippen molar-refractivity contribution in [1.29, 1.82) is 0 Å². The van der Waals surface area contributed by atoms with Crippen LogP contribution in [0.1, 0.15) is 0 Å². The molecule has 0 atom stereocenters. The van der Waals surface area contributed by atoms with Crippen LogP contribution in [0.5, 0.6) is 0 Å². The van der Waals surface area contributed by atoms with Crippen molar-refractivity contribution in [2.24, 2.45) is 0 Å². The average Bonchev–Trinajstić information content (AvgIpc) is 3.45. The molecule has 13 rings (SSSR count). The van der Waals surface area contributed by atoms with Crippen LogP contribution in [0, 0.1) is 0 Å². The second kappa shape index (κ2) is 18.0. The van der Waals surface area contributed by atoms with E-state index in [2.05, 4.69) is 290 Å². The van der Waals surface area contributed by atoms with Gasteiger partial charge in [-0.15, -0.1) is 0 Å². The predicted molar refractivity (Wildman–Crippen MR) is 304 cm³/mol. The van der Waals surface area contributed by atoms with Crippen LogP contribution >= 0.6 is 0 Å². The molecule has 0 fully saturated rings. The van der Waals surface area contributed by atoms with Crippen molar-refractivity contribution >= 4 is 60.2 Å². The zero-order valence-electron chi connectivity index (χ0n) is 39.1. The van der Waals surface area contributed by atoms with Gasteiger partial charge >= 0.3 is 0 Å². The SMILES string of the molecule is c1ccc(-c2c(-c3ccccc3)c3cc(-c4ccccc4N(c4ccc(-c5ccc(-c6ccc7ccccc7c6)cc5)cc4)c4ccc(-c5ccc6ccccc6c5)cc4)ccc3c3ccccc23)cc1. The molecule has 0 radical (unpaired) electrons. The van der Waals surface area contributed by atoms with Gasteiger partial charge in [-0.2, -0.15) is 0 Å². The third-order valence-corrected chi connectivity index (χ3v) is 14.2. The number of fused-ring (bicyclic) bond motifs is 5. The van der Waals surface area contributed by atoms with Crippen molar-refractivity contribution in [3.63, 3.8) is 0 Å². The van der Waals surface area contributed by atoms with Crippen LogP contribution in [-0.4, -0.2) is 0 Å². The standard InChI is InChI=1S/C70H47N/c1-3-17-54(18-4-1)69-66-25-12-11-24-64(66)65-44-39-60(47-67(65)70(69)55-19-5-2-6-20-55)63-23-13-14-26-68(63)71(62-42-37-53(38-43-62)59-34-32-49-16-8-10-22-57(49)46-59)61-40-35-51(36-41-61)50-27-29-52(30-28-50)58-33-31-48-15-7-9-21-56(48)45-58/h1-47H. The fraction of sp³-hybridized carbons (Fsp3) is 0. The number of nitrogens with zero attached hydrogens (tertiary/aromatic N) is 1. The molecule has 0 saturated heterocycles. The lowest BCUT2D eigenvalue weighted by atomic mass is 9.84. The molecule has 0 heterocycles. The van der Waals surface area contributed by atoms with Crippen molar-refractivity contribution in [2.75, 3.05) is 4.90 Å². The molecule has 1 nitrogen and oxygen atoms in total. The molecule has 0 aliphatic rings. The quantitative estimate of drug-likeness (QED) is 0.131. The second-order valence-corrected chi connectivity index (χ2v) is 18.4. The topological polar surface area (TPSA) is 3.24 Å². The highest BCUT2D eigenvalue weighted by atomic mass is 15.1. The van der Waals surface area contributed by atoms with Crippen LogP contribution < -0.4 is 4.90 Å². The van der Waals surface area contributed by atoms with Crippen molar-refractivity contribution in [2.45, 2.75) is 0 Å². The predicted octanol–water partition coefficient (Wildman–Crippen LogP) is 19.8. The minimum atomic E-state index is 1.08. The molecule has 13 aromatic carbocycles. The Balaban J connectivity index is 0.945.